The van der Waals surface area contributed by atoms with Gasteiger partial charge in [-0.25, -0.2) is 9.59 Å². The van der Waals surface area contributed by atoms with Crippen LogP contribution in [0.25, 0.3) is 0 Å². The fourth-order valence-electron chi connectivity index (χ4n) is 1.02. The largest absolute Gasteiger partial charge is 0.457 e. The van der Waals surface area contributed by atoms with Gasteiger partial charge in [-0.3, -0.25) is 4.79 Å². The van der Waals surface area contributed by atoms with Gasteiger partial charge in [0.2, 0.25) is 0 Å². The molecule has 0 aliphatic heterocycles. The van der Waals surface area contributed by atoms with Crippen LogP contribution in [0.3, 0.4) is 0 Å². The third kappa shape index (κ3) is 11.3. The maximum atomic E-state index is 11.3. The molecule has 0 bridgehead atoms. The third-order valence-corrected chi connectivity index (χ3v) is 1.55. The average molecular weight is 289 g/mol. The average Bonchev–Trinajstić information content (AvgIpc) is 2.18. The van der Waals surface area contributed by atoms with Crippen molar-refractivity contribution < 1.29 is 28.6 Å². The van der Waals surface area contributed by atoms with E-state index in [9.17, 15) is 14.4 Å². The van der Waals surface area contributed by atoms with Gasteiger partial charge in [-0.15, -0.1) is 0 Å². The Labute approximate surface area is 118 Å². The van der Waals surface area contributed by atoms with Crippen molar-refractivity contribution in [3.8, 4) is 0 Å². The maximum absolute atomic E-state index is 11.3. The summed E-state index contributed by atoms with van der Waals surface area (Å²) in [5, 5.41) is 2.22. The molecule has 0 aliphatic carbocycles. The first-order valence-corrected chi connectivity index (χ1v) is 6.23. The first-order valence-electron chi connectivity index (χ1n) is 6.23. The Morgan fingerprint density at radius 2 is 1.35 bits per heavy atom. The first-order chi connectivity index (χ1) is 8.89. The molecule has 20 heavy (non-hydrogen) atoms. The minimum Gasteiger partial charge on any atom is -0.457 e. The van der Waals surface area contributed by atoms with Gasteiger partial charge >= 0.3 is 18.0 Å². The van der Waals surface area contributed by atoms with Crippen LogP contribution < -0.4 is 5.32 Å². The molecule has 0 fully saturated rings. The van der Waals surface area contributed by atoms with Crippen LogP contribution in [0.5, 0.6) is 0 Å². The molecule has 0 aromatic carbocycles. The second-order valence-electron chi connectivity index (χ2n) is 6.10. The molecule has 0 rings (SSSR count). The second-order valence-corrected chi connectivity index (χ2v) is 6.10. The number of hydrogen-bond acceptors (Lipinski definition) is 6. The summed E-state index contributed by atoms with van der Waals surface area (Å²) in [5.41, 5.74) is -1.29. The number of alkyl carbamates (subject to hydrolysis) is 1. The number of ether oxygens (including phenoxy) is 3. The Morgan fingerprint density at radius 1 is 0.850 bits per heavy atom. The van der Waals surface area contributed by atoms with Crippen LogP contribution >= 0.6 is 0 Å². The molecule has 0 radical (unpaired) electrons. The Hall–Kier alpha value is -1.79. The van der Waals surface area contributed by atoms with Crippen LogP contribution in [-0.2, 0) is 23.8 Å². The molecule has 0 saturated heterocycles. The standard InChI is InChI=1S/C13H23NO6/c1-12(2,3)19-10(16)8-18-9(15)7-14-11(17)20-13(4,5)6/h7-8H2,1-6H3,(H,14,17). The highest BCUT2D eigenvalue weighted by atomic mass is 16.6. The number of hydrogen-bond donors (Lipinski definition) is 1. The van der Waals surface area contributed by atoms with Crippen LogP contribution in [0.4, 0.5) is 4.79 Å². The van der Waals surface area contributed by atoms with Gasteiger partial charge in [-0.2, -0.15) is 0 Å². The molecule has 0 spiro atoms. The minimum absolute atomic E-state index is 0.377. The van der Waals surface area contributed by atoms with Crippen molar-refractivity contribution >= 4 is 18.0 Å². The summed E-state index contributed by atoms with van der Waals surface area (Å²) in [6, 6.07) is 0. The van der Waals surface area contributed by atoms with Gasteiger partial charge in [0.15, 0.2) is 6.61 Å². The number of amides is 1. The van der Waals surface area contributed by atoms with Crippen LogP contribution in [-0.4, -0.2) is 42.4 Å². The SMILES string of the molecule is CC(C)(C)OC(=O)COC(=O)CNC(=O)OC(C)(C)C. The molecule has 0 saturated carbocycles. The van der Waals surface area contributed by atoms with Gasteiger partial charge < -0.3 is 19.5 Å². The lowest BCUT2D eigenvalue weighted by Gasteiger charge is -2.20. The normalized spacial score (nSPS) is 11.5. The van der Waals surface area contributed by atoms with Crippen molar-refractivity contribution in [1.29, 1.82) is 0 Å². The lowest BCUT2D eigenvalue weighted by atomic mass is 10.2. The summed E-state index contributed by atoms with van der Waals surface area (Å²) in [6.45, 7) is 9.35. The number of rotatable bonds is 4. The summed E-state index contributed by atoms with van der Waals surface area (Å²) in [7, 11) is 0. The molecular weight excluding hydrogens is 266 g/mol. The smallest absolute Gasteiger partial charge is 0.408 e. The van der Waals surface area contributed by atoms with Gasteiger partial charge in [-0.1, -0.05) is 0 Å². The monoisotopic (exact) mass is 289 g/mol. The fraction of sp³-hybridized carbons (Fsp3) is 0.769. The lowest BCUT2D eigenvalue weighted by molar-refractivity contribution is -0.166. The zero-order valence-corrected chi connectivity index (χ0v) is 12.9. The van der Waals surface area contributed by atoms with E-state index in [1.807, 2.05) is 0 Å². The van der Waals surface area contributed by atoms with Gasteiger partial charge in [0, 0.05) is 0 Å². The highest BCUT2D eigenvalue weighted by Crippen LogP contribution is 2.07. The summed E-state index contributed by atoms with van der Waals surface area (Å²) < 4.78 is 14.5. The molecule has 0 unspecified atom stereocenters. The van der Waals surface area contributed by atoms with Crippen LogP contribution in [0.2, 0.25) is 0 Å². The summed E-state index contributed by atoms with van der Waals surface area (Å²) in [5.74, 6) is -1.40. The van der Waals surface area contributed by atoms with Crippen LogP contribution in [0.15, 0.2) is 0 Å². The summed E-state index contributed by atoms with van der Waals surface area (Å²) in [6.07, 6.45) is -0.730. The predicted molar refractivity (Wildman–Crippen MR) is 71.0 cm³/mol. The Balaban J connectivity index is 3.91. The van der Waals surface area contributed by atoms with E-state index in [-0.39, 0.29) is 6.54 Å². The van der Waals surface area contributed by atoms with Gasteiger partial charge in [-0.05, 0) is 41.5 Å². The van der Waals surface area contributed by atoms with E-state index < -0.39 is 35.8 Å². The third-order valence-electron chi connectivity index (χ3n) is 1.55. The molecule has 0 atom stereocenters. The number of nitrogens with one attached hydrogen (secondary N) is 1. The zero-order valence-electron chi connectivity index (χ0n) is 12.9. The molecule has 0 aromatic rings. The van der Waals surface area contributed by atoms with E-state index in [1.165, 1.54) is 0 Å². The zero-order chi connectivity index (χ0) is 16.0. The molecule has 7 nitrogen and oxygen atoms in total. The molecule has 0 aromatic heterocycles. The maximum Gasteiger partial charge on any atom is 0.408 e. The number of esters is 2. The van der Waals surface area contributed by atoms with Gasteiger partial charge in [0.1, 0.15) is 17.7 Å². The number of carbonyl (C=O) groups is 3. The van der Waals surface area contributed by atoms with Gasteiger partial charge in [0.25, 0.3) is 0 Å². The number of carbonyl (C=O) groups excluding carboxylic acids is 3. The van der Waals surface area contributed by atoms with Crippen molar-refractivity contribution in [1.82, 2.24) is 5.32 Å². The van der Waals surface area contributed by atoms with Crippen molar-refractivity contribution in [2.45, 2.75) is 52.7 Å². The molecule has 1 amide bonds. The highest BCUT2D eigenvalue weighted by Gasteiger charge is 2.19. The van der Waals surface area contributed by atoms with Crippen molar-refractivity contribution in [3.05, 3.63) is 0 Å². The minimum atomic E-state index is -0.748. The Morgan fingerprint density at radius 3 is 1.80 bits per heavy atom. The van der Waals surface area contributed by atoms with Gasteiger partial charge in [0.05, 0.1) is 0 Å². The van der Waals surface area contributed by atoms with Crippen molar-refractivity contribution in [2.24, 2.45) is 0 Å². The van der Waals surface area contributed by atoms with Crippen molar-refractivity contribution in [3.63, 3.8) is 0 Å². The van der Waals surface area contributed by atoms with E-state index in [0.717, 1.165) is 0 Å². The first kappa shape index (κ1) is 18.2. The summed E-state index contributed by atoms with van der Waals surface area (Å²) >= 11 is 0. The molecule has 0 heterocycles. The topological polar surface area (TPSA) is 90.9 Å². The molecule has 7 heteroatoms. The van der Waals surface area contributed by atoms with E-state index in [1.54, 1.807) is 41.5 Å². The Bertz CT molecular complexity index is 330. The fourth-order valence-corrected chi connectivity index (χ4v) is 1.02. The van der Waals surface area contributed by atoms with E-state index in [2.05, 4.69) is 10.1 Å². The predicted octanol–water partition coefficient (Wildman–Crippen LogP) is 1.40. The van der Waals surface area contributed by atoms with Crippen molar-refractivity contribution in [2.75, 3.05) is 13.2 Å². The highest BCUT2D eigenvalue weighted by molar-refractivity contribution is 5.80. The molecular formula is C13H23NO6. The summed E-state index contributed by atoms with van der Waals surface area (Å²) in [4.78, 5) is 33.8. The van der Waals surface area contributed by atoms with Crippen LogP contribution in [0, 0.1) is 0 Å². The van der Waals surface area contributed by atoms with E-state index in [0.29, 0.717) is 0 Å². The molecule has 0 aliphatic rings. The molecule has 1 N–H and O–H groups in total. The quantitative estimate of drug-likeness (QED) is 0.621. The van der Waals surface area contributed by atoms with E-state index >= 15 is 0 Å². The lowest BCUT2D eigenvalue weighted by Crippen LogP contribution is -2.36. The molecule has 116 valence electrons. The van der Waals surface area contributed by atoms with Crippen LogP contribution in [0.1, 0.15) is 41.5 Å². The Kier molecular flexibility index (Phi) is 6.48. The van der Waals surface area contributed by atoms with E-state index in [4.69, 9.17) is 9.47 Å². The second kappa shape index (κ2) is 7.12.